The van der Waals surface area contributed by atoms with Crippen molar-refractivity contribution in [2.75, 3.05) is 13.7 Å². The number of hydrogen-bond acceptors (Lipinski definition) is 3. The molecule has 0 saturated carbocycles. The molecule has 0 aliphatic heterocycles. The van der Waals surface area contributed by atoms with Crippen molar-refractivity contribution in [2.45, 2.75) is 25.8 Å². The second kappa shape index (κ2) is 5.47. The van der Waals surface area contributed by atoms with Crippen molar-refractivity contribution >= 4 is 22.8 Å². The molecule has 0 amide bonds. The molecule has 0 radical (unpaired) electrons. The summed E-state index contributed by atoms with van der Waals surface area (Å²) in [6.45, 7) is 3.58. The molecule has 0 aliphatic rings. The van der Waals surface area contributed by atoms with Crippen LogP contribution in [-0.4, -0.2) is 28.3 Å². The summed E-state index contributed by atoms with van der Waals surface area (Å²) in [6, 6.07) is 2.03. The van der Waals surface area contributed by atoms with Crippen LogP contribution in [0.15, 0.2) is 12.3 Å². The summed E-state index contributed by atoms with van der Waals surface area (Å²) in [5, 5.41) is 0. The monoisotopic (exact) mass is 253 g/mol. The Bertz CT molecular complexity index is 510. The van der Waals surface area contributed by atoms with Gasteiger partial charge >= 0.3 is 0 Å². The van der Waals surface area contributed by atoms with Gasteiger partial charge in [-0.2, -0.15) is 0 Å². The fourth-order valence-corrected chi connectivity index (χ4v) is 2.07. The number of pyridine rings is 1. The predicted octanol–water partition coefficient (Wildman–Crippen LogP) is 2.52. The van der Waals surface area contributed by atoms with Gasteiger partial charge in [-0.05, 0) is 25.0 Å². The lowest BCUT2D eigenvalue weighted by atomic mass is 10.3. The average molecular weight is 254 g/mol. The Morgan fingerprint density at radius 3 is 3.00 bits per heavy atom. The molecule has 0 N–H and O–H groups in total. The fraction of sp³-hybridized carbons (Fsp3) is 0.500. The molecule has 0 aliphatic carbocycles. The van der Waals surface area contributed by atoms with E-state index in [4.69, 9.17) is 16.3 Å². The lowest BCUT2D eigenvalue weighted by molar-refractivity contribution is 0.190. The highest BCUT2D eigenvalue weighted by Crippen LogP contribution is 2.17. The van der Waals surface area contributed by atoms with Crippen LogP contribution < -0.4 is 0 Å². The van der Waals surface area contributed by atoms with Gasteiger partial charge in [-0.1, -0.05) is 0 Å². The van der Waals surface area contributed by atoms with Crippen molar-refractivity contribution in [3.63, 3.8) is 0 Å². The van der Waals surface area contributed by atoms with Crippen LogP contribution in [0, 0.1) is 6.92 Å². The van der Waals surface area contributed by atoms with E-state index in [1.165, 1.54) is 0 Å². The van der Waals surface area contributed by atoms with E-state index >= 15 is 0 Å². The predicted molar refractivity (Wildman–Crippen MR) is 68.3 cm³/mol. The standard InChI is InChI=1S/C12H16ClN3O/c1-9-6-10-12(14-8-9)16(4-3-5-17-2)11(7-13)15-10/h6,8H,3-5,7H2,1-2H3. The van der Waals surface area contributed by atoms with Crippen LogP contribution in [0.2, 0.25) is 0 Å². The first-order valence-corrected chi connectivity index (χ1v) is 6.16. The van der Waals surface area contributed by atoms with Gasteiger partial charge in [0.15, 0.2) is 5.65 Å². The first kappa shape index (κ1) is 12.3. The SMILES string of the molecule is COCCCn1c(CCl)nc2cc(C)cnc21. The van der Waals surface area contributed by atoms with E-state index in [1.54, 1.807) is 7.11 Å². The third-order valence-corrected chi connectivity index (χ3v) is 2.89. The molecule has 0 bridgehead atoms. The van der Waals surface area contributed by atoms with Crippen LogP contribution in [0.5, 0.6) is 0 Å². The van der Waals surface area contributed by atoms with Gasteiger partial charge in [0.05, 0.1) is 5.88 Å². The summed E-state index contributed by atoms with van der Waals surface area (Å²) in [5.41, 5.74) is 2.93. The number of ether oxygens (including phenoxy) is 1. The quantitative estimate of drug-likeness (QED) is 0.607. The second-order valence-electron chi connectivity index (χ2n) is 4.02. The summed E-state index contributed by atoms with van der Waals surface area (Å²) in [6.07, 6.45) is 2.79. The van der Waals surface area contributed by atoms with E-state index in [9.17, 15) is 0 Å². The average Bonchev–Trinajstić information content (AvgIpc) is 2.67. The molecule has 4 nitrogen and oxygen atoms in total. The maximum absolute atomic E-state index is 5.91. The van der Waals surface area contributed by atoms with Crippen molar-refractivity contribution in [3.8, 4) is 0 Å². The number of aromatic nitrogens is 3. The summed E-state index contributed by atoms with van der Waals surface area (Å²) in [4.78, 5) is 8.93. The van der Waals surface area contributed by atoms with Gasteiger partial charge in [0.1, 0.15) is 11.3 Å². The Labute approximate surface area is 106 Å². The zero-order valence-corrected chi connectivity index (χ0v) is 10.9. The van der Waals surface area contributed by atoms with Crippen LogP contribution in [0.1, 0.15) is 17.8 Å². The molecule has 2 heterocycles. The van der Waals surface area contributed by atoms with Gasteiger partial charge in [-0.15, -0.1) is 11.6 Å². The minimum atomic E-state index is 0.405. The number of nitrogens with zero attached hydrogens (tertiary/aromatic N) is 3. The highest BCUT2D eigenvalue weighted by Gasteiger charge is 2.10. The Kier molecular flexibility index (Phi) is 3.97. The molecular weight excluding hydrogens is 238 g/mol. The van der Waals surface area contributed by atoms with Gasteiger partial charge < -0.3 is 9.30 Å². The number of alkyl halides is 1. The van der Waals surface area contributed by atoms with Gasteiger partial charge in [-0.25, -0.2) is 9.97 Å². The van der Waals surface area contributed by atoms with Crippen molar-refractivity contribution in [3.05, 3.63) is 23.7 Å². The number of imidazole rings is 1. The lowest BCUT2D eigenvalue weighted by Crippen LogP contribution is -2.05. The second-order valence-corrected chi connectivity index (χ2v) is 4.28. The minimum absolute atomic E-state index is 0.405. The van der Waals surface area contributed by atoms with Crippen molar-refractivity contribution in [1.29, 1.82) is 0 Å². The topological polar surface area (TPSA) is 39.9 Å². The van der Waals surface area contributed by atoms with Gasteiger partial charge in [0.25, 0.3) is 0 Å². The number of methoxy groups -OCH3 is 1. The molecule has 0 aromatic carbocycles. The molecule has 92 valence electrons. The van der Waals surface area contributed by atoms with Gasteiger partial charge in [-0.3, -0.25) is 0 Å². The van der Waals surface area contributed by atoms with Crippen LogP contribution in [0.4, 0.5) is 0 Å². The molecule has 0 atom stereocenters. The van der Waals surface area contributed by atoms with E-state index < -0.39 is 0 Å². The summed E-state index contributed by atoms with van der Waals surface area (Å²) >= 11 is 5.91. The number of fused-ring (bicyclic) bond motifs is 1. The number of hydrogen-bond donors (Lipinski definition) is 0. The zero-order chi connectivity index (χ0) is 12.3. The Balaban J connectivity index is 2.36. The van der Waals surface area contributed by atoms with Crippen LogP contribution in [-0.2, 0) is 17.2 Å². The number of rotatable bonds is 5. The molecule has 0 fully saturated rings. The molecule has 0 spiro atoms. The third kappa shape index (κ3) is 2.58. The normalized spacial score (nSPS) is 11.2. The largest absolute Gasteiger partial charge is 0.385 e. The van der Waals surface area contributed by atoms with Crippen LogP contribution in [0.3, 0.4) is 0 Å². The molecule has 2 aromatic heterocycles. The van der Waals surface area contributed by atoms with Crippen LogP contribution in [0.25, 0.3) is 11.2 Å². The van der Waals surface area contributed by atoms with E-state index in [-0.39, 0.29) is 0 Å². The third-order valence-electron chi connectivity index (χ3n) is 2.65. The summed E-state index contributed by atoms with van der Waals surface area (Å²) in [5.74, 6) is 1.28. The van der Waals surface area contributed by atoms with Crippen molar-refractivity contribution in [2.24, 2.45) is 0 Å². The Morgan fingerprint density at radius 1 is 1.47 bits per heavy atom. The highest BCUT2D eigenvalue weighted by atomic mass is 35.5. The van der Waals surface area contributed by atoms with Crippen molar-refractivity contribution < 1.29 is 4.74 Å². The van der Waals surface area contributed by atoms with Crippen LogP contribution >= 0.6 is 11.6 Å². The molecular formula is C12H16ClN3O. The molecule has 0 unspecified atom stereocenters. The number of halogens is 1. The molecule has 2 rings (SSSR count). The smallest absolute Gasteiger partial charge is 0.160 e. The molecule has 5 heteroatoms. The van der Waals surface area contributed by atoms with E-state index in [2.05, 4.69) is 14.5 Å². The van der Waals surface area contributed by atoms with Gasteiger partial charge in [0, 0.05) is 26.5 Å². The summed E-state index contributed by atoms with van der Waals surface area (Å²) < 4.78 is 7.13. The number of aryl methyl sites for hydroxylation is 2. The van der Waals surface area contributed by atoms with E-state index in [0.29, 0.717) is 5.88 Å². The highest BCUT2D eigenvalue weighted by molar-refractivity contribution is 6.16. The Hall–Kier alpha value is -1.13. The maximum Gasteiger partial charge on any atom is 0.160 e. The fourth-order valence-electron chi connectivity index (χ4n) is 1.86. The summed E-state index contributed by atoms with van der Waals surface area (Å²) in [7, 11) is 1.70. The van der Waals surface area contributed by atoms with Crippen molar-refractivity contribution in [1.82, 2.24) is 14.5 Å². The maximum atomic E-state index is 5.91. The zero-order valence-electron chi connectivity index (χ0n) is 10.1. The van der Waals surface area contributed by atoms with E-state index in [0.717, 1.165) is 42.1 Å². The first-order valence-electron chi connectivity index (χ1n) is 5.63. The first-order chi connectivity index (χ1) is 8.26. The Morgan fingerprint density at radius 2 is 2.29 bits per heavy atom. The van der Waals surface area contributed by atoms with Gasteiger partial charge in [0.2, 0.25) is 0 Å². The lowest BCUT2D eigenvalue weighted by Gasteiger charge is -2.06. The van der Waals surface area contributed by atoms with E-state index in [1.807, 2.05) is 19.2 Å². The molecule has 0 saturated heterocycles. The molecule has 2 aromatic rings. The molecule has 17 heavy (non-hydrogen) atoms. The minimum Gasteiger partial charge on any atom is -0.385 e.